The molecule has 2 N–H and O–H groups in total. The first-order valence-corrected chi connectivity index (χ1v) is 5.69. The summed E-state index contributed by atoms with van der Waals surface area (Å²) in [5.74, 6) is 0. The average molecular weight is 226 g/mol. The number of ether oxygens (including phenoxy) is 1. The maximum absolute atomic E-state index is 11.9. The number of carbonyl (C=O) groups excluding carboxylic acids is 1. The van der Waals surface area contributed by atoms with E-state index in [4.69, 9.17) is 10.5 Å². The molecule has 0 saturated carbocycles. The quantitative estimate of drug-likeness (QED) is 0.732. The highest BCUT2D eigenvalue weighted by Gasteiger charge is 2.35. The topological polar surface area (TPSA) is 55.6 Å². The summed E-state index contributed by atoms with van der Waals surface area (Å²) in [6, 6.07) is 0.194. The summed E-state index contributed by atoms with van der Waals surface area (Å²) in [4.78, 5) is 13.6. The van der Waals surface area contributed by atoms with Crippen molar-refractivity contribution in [2.75, 3.05) is 6.54 Å². The highest BCUT2D eigenvalue weighted by Crippen LogP contribution is 2.22. The molecule has 1 fully saturated rings. The van der Waals surface area contributed by atoms with Gasteiger partial charge in [0, 0.05) is 18.6 Å². The van der Waals surface area contributed by atoms with Crippen LogP contribution in [0.4, 0.5) is 4.79 Å². The monoisotopic (exact) mass is 226 g/mol. The van der Waals surface area contributed by atoms with Crippen molar-refractivity contribution >= 4 is 6.09 Å². The van der Waals surface area contributed by atoms with E-state index in [0.29, 0.717) is 6.54 Å². The molecule has 4 nitrogen and oxygen atoms in total. The molecule has 1 aliphatic heterocycles. The normalized spacial score (nSPS) is 25.6. The van der Waals surface area contributed by atoms with Crippen molar-refractivity contribution in [3.63, 3.8) is 0 Å². The van der Waals surface area contributed by atoms with Crippen molar-refractivity contribution in [2.45, 2.75) is 51.3 Å². The average Bonchev–Trinajstić information content (AvgIpc) is 2.44. The van der Waals surface area contributed by atoms with Gasteiger partial charge in [-0.3, -0.25) is 0 Å². The molecule has 1 aliphatic rings. The molecule has 16 heavy (non-hydrogen) atoms. The van der Waals surface area contributed by atoms with E-state index in [1.165, 1.54) is 0 Å². The Hall–Kier alpha value is -1.03. The Morgan fingerprint density at radius 1 is 1.62 bits per heavy atom. The van der Waals surface area contributed by atoms with Crippen LogP contribution in [-0.2, 0) is 4.74 Å². The van der Waals surface area contributed by atoms with Gasteiger partial charge < -0.3 is 15.4 Å². The Morgan fingerprint density at radius 3 is 2.75 bits per heavy atom. The molecule has 0 aromatic rings. The Labute approximate surface area is 97.4 Å². The Balaban J connectivity index is 2.63. The lowest BCUT2D eigenvalue weighted by atomic mass is 10.1. The number of hydrogen-bond acceptors (Lipinski definition) is 3. The smallest absolute Gasteiger partial charge is 0.410 e. The maximum Gasteiger partial charge on any atom is 0.410 e. The summed E-state index contributed by atoms with van der Waals surface area (Å²) >= 11 is 0. The van der Waals surface area contributed by atoms with Crippen LogP contribution in [0, 0.1) is 0 Å². The summed E-state index contributed by atoms with van der Waals surface area (Å²) in [6.07, 6.45) is 3.14. The van der Waals surface area contributed by atoms with Gasteiger partial charge in [0.1, 0.15) is 5.60 Å². The Kier molecular flexibility index (Phi) is 3.97. The fraction of sp³-hybridized carbons (Fsp3) is 0.750. The van der Waals surface area contributed by atoms with Gasteiger partial charge in [0.15, 0.2) is 0 Å². The van der Waals surface area contributed by atoms with Crippen LogP contribution in [0.5, 0.6) is 0 Å². The lowest BCUT2D eigenvalue weighted by Crippen LogP contribution is -2.40. The number of nitrogens with zero attached hydrogens (tertiary/aromatic N) is 1. The third-order valence-corrected chi connectivity index (χ3v) is 2.51. The van der Waals surface area contributed by atoms with Gasteiger partial charge in [0.05, 0.1) is 0 Å². The van der Waals surface area contributed by atoms with Gasteiger partial charge in [-0.15, -0.1) is 6.58 Å². The first kappa shape index (κ1) is 13.0. The predicted octanol–water partition coefficient (Wildman–Crippen LogP) is 1.90. The van der Waals surface area contributed by atoms with E-state index in [0.717, 1.165) is 12.8 Å². The summed E-state index contributed by atoms with van der Waals surface area (Å²) in [5, 5.41) is 0. The number of rotatable bonds is 2. The molecule has 0 bridgehead atoms. The van der Waals surface area contributed by atoms with E-state index >= 15 is 0 Å². The zero-order valence-electron chi connectivity index (χ0n) is 10.4. The fourth-order valence-corrected chi connectivity index (χ4v) is 1.91. The van der Waals surface area contributed by atoms with Crippen LogP contribution in [0.15, 0.2) is 12.7 Å². The van der Waals surface area contributed by atoms with Crippen molar-refractivity contribution in [2.24, 2.45) is 5.73 Å². The minimum Gasteiger partial charge on any atom is -0.444 e. The van der Waals surface area contributed by atoms with Gasteiger partial charge in [-0.05, 0) is 33.6 Å². The lowest BCUT2D eigenvalue weighted by molar-refractivity contribution is 0.0227. The van der Waals surface area contributed by atoms with Gasteiger partial charge in [-0.1, -0.05) is 6.08 Å². The van der Waals surface area contributed by atoms with Crippen LogP contribution in [-0.4, -0.2) is 35.2 Å². The second kappa shape index (κ2) is 4.87. The second-order valence-electron chi connectivity index (χ2n) is 5.31. The van der Waals surface area contributed by atoms with E-state index in [1.807, 2.05) is 26.8 Å². The van der Waals surface area contributed by atoms with E-state index in [1.54, 1.807) is 4.90 Å². The third kappa shape index (κ3) is 3.52. The molecule has 0 aliphatic carbocycles. The van der Waals surface area contributed by atoms with Crippen LogP contribution < -0.4 is 5.73 Å². The molecular weight excluding hydrogens is 204 g/mol. The number of nitrogens with two attached hydrogens (primary N) is 1. The van der Waals surface area contributed by atoms with Crippen LogP contribution in [0.2, 0.25) is 0 Å². The highest BCUT2D eigenvalue weighted by atomic mass is 16.6. The number of likely N-dealkylation sites (tertiary alicyclic amines) is 1. The Bertz CT molecular complexity index is 271. The highest BCUT2D eigenvalue weighted by molar-refractivity contribution is 5.69. The Morgan fingerprint density at radius 2 is 2.25 bits per heavy atom. The molecule has 0 radical (unpaired) electrons. The van der Waals surface area contributed by atoms with E-state index in [9.17, 15) is 4.79 Å². The van der Waals surface area contributed by atoms with E-state index in [2.05, 4.69) is 6.58 Å². The van der Waals surface area contributed by atoms with Crippen LogP contribution in [0.25, 0.3) is 0 Å². The summed E-state index contributed by atoms with van der Waals surface area (Å²) in [7, 11) is 0. The minimum absolute atomic E-state index is 0.0532. The number of carbonyl (C=O) groups is 1. The summed E-state index contributed by atoms with van der Waals surface area (Å²) < 4.78 is 5.34. The summed E-state index contributed by atoms with van der Waals surface area (Å²) in [5.41, 5.74) is 5.41. The molecule has 0 aromatic heterocycles. The fourth-order valence-electron chi connectivity index (χ4n) is 1.91. The molecule has 2 atom stereocenters. The largest absolute Gasteiger partial charge is 0.444 e. The number of hydrogen-bond donors (Lipinski definition) is 1. The molecule has 0 aromatic carbocycles. The van der Waals surface area contributed by atoms with Crippen molar-refractivity contribution in [3.05, 3.63) is 12.7 Å². The van der Waals surface area contributed by atoms with Crippen molar-refractivity contribution in [1.29, 1.82) is 0 Å². The van der Waals surface area contributed by atoms with Crippen LogP contribution in [0.1, 0.15) is 33.6 Å². The van der Waals surface area contributed by atoms with Crippen molar-refractivity contribution in [1.82, 2.24) is 4.90 Å². The summed E-state index contributed by atoms with van der Waals surface area (Å²) in [6.45, 7) is 9.87. The minimum atomic E-state index is -0.456. The molecule has 4 heteroatoms. The van der Waals surface area contributed by atoms with Gasteiger partial charge in [0.2, 0.25) is 0 Å². The molecule has 1 rings (SSSR count). The zero-order valence-corrected chi connectivity index (χ0v) is 10.4. The molecule has 0 spiro atoms. The lowest BCUT2D eigenvalue weighted by Gasteiger charge is -2.28. The maximum atomic E-state index is 11.9. The molecular formula is C12H22N2O2. The molecule has 1 heterocycles. The second-order valence-corrected chi connectivity index (χ2v) is 5.31. The first-order chi connectivity index (χ1) is 7.33. The SMILES string of the molecule is C=CC[C@H]1C[C@H](N)CN1C(=O)OC(C)(C)C. The zero-order chi connectivity index (χ0) is 12.3. The van der Waals surface area contributed by atoms with Crippen molar-refractivity contribution in [3.8, 4) is 0 Å². The van der Waals surface area contributed by atoms with Gasteiger partial charge in [-0.2, -0.15) is 0 Å². The van der Waals surface area contributed by atoms with Gasteiger partial charge in [0.25, 0.3) is 0 Å². The third-order valence-electron chi connectivity index (χ3n) is 2.51. The van der Waals surface area contributed by atoms with E-state index < -0.39 is 5.60 Å². The molecule has 0 unspecified atom stereocenters. The van der Waals surface area contributed by atoms with Gasteiger partial charge >= 0.3 is 6.09 Å². The van der Waals surface area contributed by atoms with Crippen LogP contribution in [0.3, 0.4) is 0 Å². The van der Waals surface area contributed by atoms with Crippen LogP contribution >= 0.6 is 0 Å². The number of amides is 1. The standard InChI is InChI=1S/C12H22N2O2/c1-5-6-10-7-9(13)8-14(10)11(15)16-12(2,3)4/h5,9-10H,1,6-8,13H2,2-4H3/t9-,10-/m0/s1. The molecule has 1 amide bonds. The molecule has 92 valence electrons. The van der Waals surface area contributed by atoms with E-state index in [-0.39, 0.29) is 18.2 Å². The first-order valence-electron chi connectivity index (χ1n) is 5.69. The molecule has 1 saturated heterocycles. The van der Waals surface area contributed by atoms with Crippen molar-refractivity contribution < 1.29 is 9.53 Å². The predicted molar refractivity (Wildman–Crippen MR) is 64.1 cm³/mol. The van der Waals surface area contributed by atoms with Gasteiger partial charge in [-0.25, -0.2) is 4.79 Å².